The minimum atomic E-state index is -0.708. The van der Waals surface area contributed by atoms with E-state index in [4.69, 9.17) is 16.6 Å². The third-order valence-corrected chi connectivity index (χ3v) is 8.09. The average Bonchev–Trinajstić information content (AvgIpc) is 2.96. The molecule has 2 aliphatic heterocycles. The van der Waals surface area contributed by atoms with Crippen molar-refractivity contribution in [1.29, 1.82) is 0 Å². The second kappa shape index (κ2) is 11.6. The highest BCUT2D eigenvalue weighted by Crippen LogP contribution is 2.35. The van der Waals surface area contributed by atoms with Crippen molar-refractivity contribution in [1.82, 2.24) is 24.8 Å². The molecule has 10 nitrogen and oxygen atoms in total. The number of aliphatic hydroxyl groups is 1. The molecule has 11 heteroatoms. The molecule has 2 fully saturated rings. The van der Waals surface area contributed by atoms with Crippen LogP contribution >= 0.6 is 11.6 Å². The number of aliphatic hydroxyl groups excluding tert-OH is 1. The Bertz CT molecular complexity index is 1480. The lowest BCUT2D eigenvalue weighted by Crippen LogP contribution is -2.54. The zero-order valence-corrected chi connectivity index (χ0v) is 24.0. The molecular formula is C29H36ClN7O3. The Morgan fingerprint density at radius 2 is 1.88 bits per heavy atom. The number of nitrogens with zero attached hydrogens (tertiary/aromatic N) is 6. The van der Waals surface area contributed by atoms with Crippen LogP contribution in [-0.4, -0.2) is 82.0 Å². The molecule has 5 rings (SSSR count). The van der Waals surface area contributed by atoms with Gasteiger partial charge in [0.15, 0.2) is 5.65 Å². The van der Waals surface area contributed by atoms with Gasteiger partial charge >= 0.3 is 5.69 Å². The van der Waals surface area contributed by atoms with E-state index in [2.05, 4.69) is 35.6 Å². The van der Waals surface area contributed by atoms with E-state index in [0.29, 0.717) is 67.0 Å². The molecule has 2 aromatic heterocycles. The summed E-state index contributed by atoms with van der Waals surface area (Å²) in [6, 6.07) is 7.81. The molecule has 1 unspecified atom stereocenters. The third kappa shape index (κ3) is 5.07. The summed E-state index contributed by atoms with van der Waals surface area (Å²) in [4.78, 5) is 41.7. The van der Waals surface area contributed by atoms with Gasteiger partial charge < -0.3 is 19.8 Å². The van der Waals surface area contributed by atoms with Crippen LogP contribution in [0.1, 0.15) is 31.9 Å². The lowest BCUT2D eigenvalue weighted by molar-refractivity contribution is -0.126. The van der Waals surface area contributed by atoms with Crippen LogP contribution in [0, 0.1) is 0 Å². The Morgan fingerprint density at radius 3 is 2.50 bits per heavy atom. The number of carbonyl (C=O) groups excluding carboxylic acids is 1. The van der Waals surface area contributed by atoms with Crippen molar-refractivity contribution in [2.24, 2.45) is 0 Å². The number of hydrogen-bond donors (Lipinski definition) is 2. The van der Waals surface area contributed by atoms with E-state index in [0.717, 1.165) is 29.7 Å². The summed E-state index contributed by atoms with van der Waals surface area (Å²) < 4.78 is 1.62. The van der Waals surface area contributed by atoms with Crippen LogP contribution in [0.15, 0.2) is 41.7 Å². The van der Waals surface area contributed by atoms with Gasteiger partial charge in [-0.3, -0.25) is 10.1 Å². The highest BCUT2D eigenvalue weighted by molar-refractivity contribution is 6.33. The molecule has 0 bridgehead atoms. The molecule has 1 aromatic carbocycles. The summed E-state index contributed by atoms with van der Waals surface area (Å²) in [6.45, 7) is 12.7. The topological polar surface area (TPSA) is 107 Å². The maximum Gasteiger partial charge on any atom is 0.355 e. The van der Waals surface area contributed by atoms with Crippen LogP contribution in [0.25, 0.3) is 16.7 Å². The number of para-hydroxylation sites is 1. The van der Waals surface area contributed by atoms with Gasteiger partial charge in [0.05, 0.1) is 22.6 Å². The number of fused-ring (bicyclic) bond motifs is 1. The fourth-order valence-electron chi connectivity index (χ4n) is 5.77. The number of carbonyl (C=O) groups is 1. The molecule has 1 amide bonds. The van der Waals surface area contributed by atoms with Crippen LogP contribution in [0.4, 0.5) is 11.6 Å². The first-order valence-electron chi connectivity index (χ1n) is 13.9. The van der Waals surface area contributed by atoms with E-state index in [-0.39, 0.29) is 11.9 Å². The molecule has 0 radical (unpaired) electrons. The Labute approximate surface area is 238 Å². The number of rotatable bonds is 6. The Morgan fingerprint density at radius 1 is 1.15 bits per heavy atom. The maximum atomic E-state index is 14.0. The molecule has 40 heavy (non-hydrogen) atoms. The van der Waals surface area contributed by atoms with Crippen molar-refractivity contribution in [2.75, 3.05) is 49.1 Å². The second-order valence-electron chi connectivity index (χ2n) is 10.3. The van der Waals surface area contributed by atoms with E-state index >= 15 is 0 Å². The van der Waals surface area contributed by atoms with Gasteiger partial charge in [0.25, 0.3) is 0 Å². The van der Waals surface area contributed by atoms with E-state index in [1.54, 1.807) is 9.47 Å². The van der Waals surface area contributed by atoms with Crippen LogP contribution in [0.2, 0.25) is 5.02 Å². The standard InChI is InChI=1S/C29H36ClN7O3/c1-5-19-9-8-10-20(6-2)25(19)37-27-21(15-22(30)28(32-27)35-12-11-31-23(38)17-35)26(33-29(37)40)36-14-13-34(16-18(36)4)24(39)7-3/h7-10,15,18,23,31,38H,3,5-6,11-14,16-17H2,1-2,4H3/t18-,23?/m0/s1. The quantitative estimate of drug-likeness (QED) is 0.439. The van der Waals surface area contributed by atoms with Gasteiger partial charge in [0.2, 0.25) is 5.91 Å². The van der Waals surface area contributed by atoms with Crippen molar-refractivity contribution in [3.63, 3.8) is 0 Å². The predicted octanol–water partition coefficient (Wildman–Crippen LogP) is 2.51. The molecular weight excluding hydrogens is 530 g/mol. The number of halogens is 1. The fraction of sp³-hybridized carbons (Fsp3) is 0.448. The number of benzene rings is 1. The van der Waals surface area contributed by atoms with E-state index in [1.165, 1.54) is 6.08 Å². The van der Waals surface area contributed by atoms with E-state index in [1.807, 2.05) is 36.1 Å². The number of anilines is 2. The molecule has 3 aromatic rings. The lowest BCUT2D eigenvalue weighted by Gasteiger charge is -2.40. The predicted molar refractivity (Wildman–Crippen MR) is 159 cm³/mol. The molecule has 2 saturated heterocycles. The third-order valence-electron chi connectivity index (χ3n) is 7.81. The van der Waals surface area contributed by atoms with Gasteiger partial charge in [-0.05, 0) is 43.0 Å². The second-order valence-corrected chi connectivity index (χ2v) is 10.7. The highest BCUT2D eigenvalue weighted by Gasteiger charge is 2.31. The highest BCUT2D eigenvalue weighted by atomic mass is 35.5. The molecule has 4 heterocycles. The minimum absolute atomic E-state index is 0.0977. The summed E-state index contributed by atoms with van der Waals surface area (Å²) in [6.07, 6.45) is 2.09. The van der Waals surface area contributed by atoms with E-state index in [9.17, 15) is 14.7 Å². The van der Waals surface area contributed by atoms with Crippen LogP contribution in [0.3, 0.4) is 0 Å². The summed E-state index contributed by atoms with van der Waals surface area (Å²) in [5.41, 5.74) is 2.90. The Kier molecular flexibility index (Phi) is 8.11. The Balaban J connectivity index is 1.75. The fourth-order valence-corrected chi connectivity index (χ4v) is 6.04. The summed E-state index contributed by atoms with van der Waals surface area (Å²) in [5.74, 6) is 0.903. The largest absolute Gasteiger partial charge is 0.377 e. The first-order valence-corrected chi connectivity index (χ1v) is 14.2. The van der Waals surface area contributed by atoms with Gasteiger partial charge in [0, 0.05) is 38.8 Å². The van der Waals surface area contributed by atoms with Crippen molar-refractivity contribution in [3.05, 3.63) is 63.6 Å². The molecule has 0 saturated carbocycles. The van der Waals surface area contributed by atoms with Gasteiger partial charge in [-0.2, -0.15) is 4.98 Å². The monoisotopic (exact) mass is 565 g/mol. The SMILES string of the molecule is C=CC(=O)N1CCN(c2nc(=O)n(-c3c(CC)cccc3CC)c3nc(N4CCNC(O)C4)c(Cl)cc23)[C@@H](C)C1. The van der Waals surface area contributed by atoms with E-state index < -0.39 is 11.9 Å². The van der Waals surface area contributed by atoms with Gasteiger partial charge in [-0.15, -0.1) is 0 Å². The average molecular weight is 566 g/mol. The van der Waals surface area contributed by atoms with Crippen molar-refractivity contribution in [3.8, 4) is 5.69 Å². The first-order chi connectivity index (χ1) is 19.3. The molecule has 2 N–H and O–H groups in total. The van der Waals surface area contributed by atoms with Gasteiger partial charge in [-0.25, -0.2) is 14.3 Å². The summed E-state index contributed by atoms with van der Waals surface area (Å²) in [5, 5.41) is 14.4. The maximum absolute atomic E-state index is 14.0. The Hall–Kier alpha value is -3.47. The number of hydrogen-bond acceptors (Lipinski definition) is 8. The summed E-state index contributed by atoms with van der Waals surface area (Å²) in [7, 11) is 0. The molecule has 212 valence electrons. The normalized spacial score (nSPS) is 19.8. The van der Waals surface area contributed by atoms with Gasteiger partial charge in [-0.1, -0.05) is 50.2 Å². The number of nitrogens with one attached hydrogen (secondary N) is 1. The van der Waals surface area contributed by atoms with Crippen LogP contribution in [-0.2, 0) is 17.6 Å². The number of amides is 1. The van der Waals surface area contributed by atoms with Crippen molar-refractivity contribution >= 4 is 40.2 Å². The zero-order valence-electron chi connectivity index (χ0n) is 23.2. The number of aromatic nitrogens is 3. The van der Waals surface area contributed by atoms with Crippen molar-refractivity contribution in [2.45, 2.75) is 45.9 Å². The molecule has 2 aliphatic rings. The number of piperazine rings is 2. The van der Waals surface area contributed by atoms with Gasteiger partial charge in [0.1, 0.15) is 17.9 Å². The minimum Gasteiger partial charge on any atom is -0.377 e. The van der Waals surface area contributed by atoms with Crippen LogP contribution in [0.5, 0.6) is 0 Å². The van der Waals surface area contributed by atoms with Crippen LogP contribution < -0.4 is 20.8 Å². The first kappa shape index (κ1) is 28.1. The number of pyridine rings is 1. The number of aryl methyl sites for hydroxylation is 2. The lowest BCUT2D eigenvalue weighted by atomic mass is 10.0. The molecule has 0 aliphatic carbocycles. The van der Waals surface area contributed by atoms with Crippen molar-refractivity contribution < 1.29 is 9.90 Å². The smallest absolute Gasteiger partial charge is 0.355 e. The molecule has 2 atom stereocenters. The summed E-state index contributed by atoms with van der Waals surface area (Å²) >= 11 is 6.87. The zero-order chi connectivity index (χ0) is 28.6. The number of β-amino-alcohol motifs (C(OH)–C–C–N with tert-alkyl or cyclic N) is 1. The molecule has 0 spiro atoms.